The summed E-state index contributed by atoms with van der Waals surface area (Å²) in [6.45, 7) is 5.05. The average molecular weight is 847 g/mol. The molecular weight excluding hydrogens is 822 g/mol. The van der Waals surface area contributed by atoms with Gasteiger partial charge in [0.2, 0.25) is 0 Å². The lowest BCUT2D eigenvalue weighted by atomic mass is 9.97. The van der Waals surface area contributed by atoms with Gasteiger partial charge >= 0.3 is 74.1 Å². The van der Waals surface area contributed by atoms with Gasteiger partial charge in [-0.15, -0.1) is 0 Å². The highest BCUT2D eigenvalue weighted by Crippen LogP contribution is 2.28. The zero-order chi connectivity index (χ0) is 40.5. The number of quaternary nitrogens is 1. The molecule has 0 amide bonds. The Bertz CT molecular complexity index is 1490. The molecule has 0 spiro atoms. The number of carboxylic acids is 2. The predicted octanol–water partition coefficient (Wildman–Crippen LogP) is 0.317. The Balaban J connectivity index is 0. The van der Waals surface area contributed by atoms with Crippen molar-refractivity contribution in [2.24, 2.45) is 15.9 Å². The second kappa shape index (κ2) is 17.6. The lowest BCUT2D eigenvalue weighted by Crippen LogP contribution is -2.95. The van der Waals surface area contributed by atoms with Crippen molar-refractivity contribution in [1.29, 1.82) is 0 Å². The SMILES string of the molecule is CC1=NCCC(C(=O)O)C1.CC1=NCCC(C(=O)O)[NH2+]1.O=S(=O)(NS(=O)(=O)C(F)(F)F)C(F)(F)F.O=S(=O)(NS(=O)(=O)C(F)(F)F)C(F)(F)F. The summed E-state index contributed by atoms with van der Waals surface area (Å²) < 4.78 is 217. The van der Waals surface area contributed by atoms with Gasteiger partial charge in [-0.05, 0) is 19.8 Å². The highest BCUT2D eigenvalue weighted by atomic mass is 32.3. The van der Waals surface area contributed by atoms with Crippen LogP contribution in [0.15, 0.2) is 9.98 Å². The molecular formula is C17H24F12N5O12S4+. The smallest absolute Gasteiger partial charge is 0.481 e. The number of alkyl halides is 12. The monoisotopic (exact) mass is 846 g/mol. The van der Waals surface area contributed by atoms with E-state index in [1.165, 1.54) is 0 Å². The molecule has 0 saturated carbocycles. The van der Waals surface area contributed by atoms with Gasteiger partial charge in [0.1, 0.15) is 0 Å². The van der Waals surface area contributed by atoms with Crippen LogP contribution >= 0.6 is 0 Å². The maximum atomic E-state index is 11.5. The minimum Gasteiger partial charge on any atom is -0.481 e. The normalized spacial score (nSPS) is 19.5. The van der Waals surface area contributed by atoms with E-state index in [1.807, 2.05) is 13.8 Å². The van der Waals surface area contributed by atoms with Gasteiger partial charge in [0.05, 0.1) is 12.5 Å². The molecule has 50 heavy (non-hydrogen) atoms. The summed E-state index contributed by atoms with van der Waals surface area (Å²) >= 11 is 0. The van der Waals surface area contributed by atoms with Gasteiger partial charge in [-0.25, -0.2) is 43.5 Å². The van der Waals surface area contributed by atoms with Crippen LogP contribution in [0.2, 0.25) is 0 Å². The summed E-state index contributed by atoms with van der Waals surface area (Å²) in [7, 11) is -26.4. The summed E-state index contributed by atoms with van der Waals surface area (Å²) in [5.41, 5.74) is -23.6. The number of carbonyl (C=O) groups is 2. The van der Waals surface area contributed by atoms with E-state index in [4.69, 9.17) is 10.2 Å². The Kier molecular flexibility index (Phi) is 17.3. The highest BCUT2D eigenvalue weighted by Gasteiger charge is 2.56. The fourth-order valence-electron chi connectivity index (χ4n) is 2.63. The van der Waals surface area contributed by atoms with Gasteiger partial charge in [-0.2, -0.15) is 52.7 Å². The van der Waals surface area contributed by atoms with Crippen molar-refractivity contribution in [3.05, 3.63) is 0 Å². The van der Waals surface area contributed by atoms with Crippen molar-refractivity contribution in [3.8, 4) is 0 Å². The van der Waals surface area contributed by atoms with Crippen molar-refractivity contribution in [2.75, 3.05) is 13.1 Å². The number of hydrogen-bond acceptors (Lipinski definition) is 12. The van der Waals surface area contributed by atoms with E-state index in [0.29, 0.717) is 32.4 Å². The molecule has 2 aliphatic rings. The Labute approximate surface area is 273 Å². The molecule has 0 bridgehead atoms. The molecule has 0 fully saturated rings. The van der Waals surface area contributed by atoms with Gasteiger partial charge in [0, 0.05) is 25.6 Å². The zero-order valence-corrected chi connectivity index (χ0v) is 27.6. The molecule has 0 aromatic carbocycles. The third kappa shape index (κ3) is 16.4. The molecule has 0 aliphatic carbocycles. The van der Waals surface area contributed by atoms with E-state index in [-0.39, 0.29) is 12.0 Å². The second-order valence-corrected chi connectivity index (χ2v) is 16.2. The Morgan fingerprint density at radius 1 is 0.620 bits per heavy atom. The fourth-order valence-corrected chi connectivity index (χ4v) is 6.45. The van der Waals surface area contributed by atoms with Gasteiger partial charge < -0.3 is 10.2 Å². The third-order valence-corrected chi connectivity index (χ3v) is 10.9. The molecule has 2 aliphatic heterocycles. The van der Waals surface area contributed by atoms with E-state index in [0.717, 1.165) is 11.5 Å². The van der Waals surface area contributed by atoms with E-state index < -0.39 is 82.3 Å². The van der Waals surface area contributed by atoms with Crippen molar-refractivity contribution >= 4 is 63.6 Å². The first kappa shape index (κ1) is 49.2. The summed E-state index contributed by atoms with van der Waals surface area (Å²) in [4.78, 5) is 29.0. The maximum absolute atomic E-state index is 11.5. The van der Waals surface area contributed by atoms with Gasteiger partial charge in [-0.1, -0.05) is 8.25 Å². The lowest BCUT2D eigenvalue weighted by Gasteiger charge is -2.15. The fraction of sp³-hybridized carbons (Fsp3) is 0.765. The van der Waals surface area contributed by atoms with E-state index in [9.17, 15) is 95.9 Å². The van der Waals surface area contributed by atoms with Gasteiger partial charge in [0.25, 0.3) is 0 Å². The number of nitrogens with two attached hydrogens (primary N) is 1. The molecule has 2 heterocycles. The largest absolute Gasteiger partial charge is 0.512 e. The van der Waals surface area contributed by atoms with E-state index in [1.54, 1.807) is 5.32 Å². The van der Waals surface area contributed by atoms with Crippen molar-refractivity contribution in [3.63, 3.8) is 0 Å². The van der Waals surface area contributed by atoms with Crippen LogP contribution in [0.3, 0.4) is 0 Å². The van der Waals surface area contributed by atoms with Crippen LogP contribution in [-0.4, -0.2) is 109 Å². The molecule has 0 aromatic heterocycles. The topological polar surface area (TPSA) is 277 Å². The number of nitrogens with zero attached hydrogens (tertiary/aromatic N) is 2. The number of halogens is 12. The van der Waals surface area contributed by atoms with E-state index >= 15 is 0 Å². The number of rotatable bonds is 6. The first-order valence-electron chi connectivity index (χ1n) is 11.9. The summed E-state index contributed by atoms with van der Waals surface area (Å²) in [5.74, 6) is -0.764. The molecule has 33 heteroatoms. The number of aliphatic carboxylic acids is 2. The average Bonchev–Trinajstić information content (AvgIpc) is 2.86. The number of amidine groups is 1. The zero-order valence-electron chi connectivity index (χ0n) is 24.3. The predicted molar refractivity (Wildman–Crippen MR) is 140 cm³/mol. The molecule has 0 aromatic rings. The molecule has 2 rings (SSSR count). The minimum absolute atomic E-state index is 0.183. The van der Waals surface area contributed by atoms with Crippen LogP contribution in [0.1, 0.15) is 33.1 Å². The second-order valence-electron chi connectivity index (χ2n) is 9.03. The Morgan fingerprint density at radius 2 is 0.940 bits per heavy atom. The number of nitrogens with one attached hydrogen (secondary N) is 2. The molecule has 296 valence electrons. The first-order valence-corrected chi connectivity index (χ1v) is 17.9. The van der Waals surface area contributed by atoms with Crippen LogP contribution in [0.4, 0.5) is 52.7 Å². The summed E-state index contributed by atoms with van der Waals surface area (Å²) in [6, 6.07) is -0.308. The number of sulfonamides is 4. The minimum atomic E-state index is -6.60. The van der Waals surface area contributed by atoms with Crippen LogP contribution in [-0.2, 0) is 49.7 Å². The maximum Gasteiger partial charge on any atom is 0.512 e. The summed E-state index contributed by atoms with van der Waals surface area (Å²) in [5, 5.41) is 18.9. The number of aliphatic imine (C=N–C) groups is 2. The van der Waals surface area contributed by atoms with E-state index in [2.05, 4.69) is 9.98 Å². The van der Waals surface area contributed by atoms with Crippen molar-refractivity contribution in [1.82, 2.24) is 8.25 Å². The standard InChI is InChI=1S/C7H11NO2.C6H10N2O2.2C2HF6NO4S2/c1-5-4-6(7(9)10)2-3-8-5;1-4-7-3-2-5(8-4)6(9)10;2*3-1(4,5)14(10,11)9-15(12,13)2(6,7)8/h6H,2-4H2,1H3,(H,9,10);5H,2-3H2,1H3,(H,7,8)(H,9,10);2*9H/p+1. The van der Waals surface area contributed by atoms with Crippen LogP contribution in [0, 0.1) is 5.92 Å². The Morgan fingerprint density at radius 3 is 1.14 bits per heavy atom. The Hall–Kier alpha value is -2.88. The first-order chi connectivity index (χ1) is 21.8. The quantitative estimate of drug-likeness (QED) is 0.226. The molecule has 2 atom stereocenters. The van der Waals surface area contributed by atoms with Crippen LogP contribution < -0.4 is 13.6 Å². The van der Waals surface area contributed by atoms with Gasteiger partial charge in [-0.3, -0.25) is 15.1 Å². The lowest BCUT2D eigenvalue weighted by molar-refractivity contribution is -0.573. The molecule has 6 N–H and O–H groups in total. The van der Waals surface area contributed by atoms with Crippen molar-refractivity contribution < 1.29 is 111 Å². The van der Waals surface area contributed by atoms with Crippen LogP contribution in [0.25, 0.3) is 0 Å². The molecule has 2 unspecified atom stereocenters. The van der Waals surface area contributed by atoms with Crippen molar-refractivity contribution in [2.45, 2.75) is 61.2 Å². The summed E-state index contributed by atoms with van der Waals surface area (Å²) in [6.07, 6.45) is 1.98. The third-order valence-electron chi connectivity index (χ3n) is 4.97. The van der Waals surface area contributed by atoms with Crippen LogP contribution in [0.5, 0.6) is 0 Å². The number of hydrogen-bond donors (Lipinski definition) is 5. The molecule has 0 radical (unpaired) electrons. The molecule has 17 nitrogen and oxygen atoms in total. The highest BCUT2D eigenvalue weighted by molar-refractivity contribution is 8.06. The van der Waals surface area contributed by atoms with Gasteiger partial charge in [0.15, 0.2) is 11.9 Å². The molecule has 0 saturated heterocycles. The number of carboxylic acid groups (broad SMARTS) is 2.